The van der Waals surface area contributed by atoms with Crippen molar-refractivity contribution in [1.29, 1.82) is 5.26 Å². The standard InChI is InChI=1S/C33H47F3N2O4S/c1-27(2)10-12-32(18-38-43(41,42)19-33(34,35)36)13-11-31(7)25(21(32)16-27)22(39)14-24-29(5)15-20(17-37)26(40)28(3,4)23(29)8-9-30(24,31)6/h15,21,23-25,38H,8-14,16,18-19H2,1-7H3/t21?,23-,24+,25?,29?,30?,31+,32?/m0/s1. The van der Waals surface area contributed by atoms with Gasteiger partial charge in [0.15, 0.2) is 11.5 Å². The van der Waals surface area contributed by atoms with Crippen LogP contribution in [0.5, 0.6) is 0 Å². The summed E-state index contributed by atoms with van der Waals surface area (Å²) in [5, 5.41) is 9.91. The summed E-state index contributed by atoms with van der Waals surface area (Å²) in [6.07, 6.45) is 2.47. The Bertz CT molecular complexity index is 1410. The Morgan fingerprint density at radius 3 is 2.19 bits per heavy atom. The van der Waals surface area contributed by atoms with Crippen LogP contribution in [0.2, 0.25) is 0 Å². The van der Waals surface area contributed by atoms with Gasteiger partial charge in [-0.15, -0.1) is 0 Å². The molecule has 43 heavy (non-hydrogen) atoms. The summed E-state index contributed by atoms with van der Waals surface area (Å²) in [6.45, 7) is 14.7. The molecule has 0 saturated heterocycles. The number of ketones is 2. The Balaban J connectivity index is 1.56. The van der Waals surface area contributed by atoms with E-state index in [9.17, 15) is 36.4 Å². The molecule has 0 spiro atoms. The number of hydrogen-bond acceptors (Lipinski definition) is 5. The Labute approximate surface area is 254 Å². The molecule has 1 N–H and O–H groups in total. The number of sulfonamides is 1. The number of alkyl halides is 3. The van der Waals surface area contributed by atoms with Gasteiger partial charge in [0, 0.05) is 24.3 Å². The highest BCUT2D eigenvalue weighted by molar-refractivity contribution is 7.89. The lowest BCUT2D eigenvalue weighted by molar-refractivity contribution is -0.221. The van der Waals surface area contributed by atoms with Gasteiger partial charge in [0.05, 0.1) is 5.57 Å². The molecule has 0 aromatic carbocycles. The lowest BCUT2D eigenvalue weighted by Gasteiger charge is -2.72. The predicted octanol–water partition coefficient (Wildman–Crippen LogP) is 6.77. The fourth-order valence-electron chi connectivity index (χ4n) is 11.2. The molecule has 0 radical (unpaired) electrons. The van der Waals surface area contributed by atoms with Crippen molar-refractivity contribution in [2.45, 2.75) is 106 Å². The van der Waals surface area contributed by atoms with Gasteiger partial charge in [0.25, 0.3) is 0 Å². The van der Waals surface area contributed by atoms with Gasteiger partial charge in [0.1, 0.15) is 11.9 Å². The van der Waals surface area contributed by atoms with Crippen LogP contribution in [0.25, 0.3) is 0 Å². The highest BCUT2D eigenvalue weighted by atomic mass is 32.2. The molecule has 0 bridgehead atoms. The maximum atomic E-state index is 14.6. The van der Waals surface area contributed by atoms with E-state index >= 15 is 0 Å². The minimum Gasteiger partial charge on any atom is -0.299 e. The molecular weight excluding hydrogens is 577 g/mol. The second kappa shape index (κ2) is 9.64. The van der Waals surface area contributed by atoms with E-state index in [4.69, 9.17) is 0 Å². The molecule has 0 aromatic rings. The third kappa shape index (κ3) is 4.85. The van der Waals surface area contributed by atoms with Crippen LogP contribution in [-0.4, -0.2) is 38.5 Å². The van der Waals surface area contributed by atoms with Gasteiger partial charge in [-0.05, 0) is 89.8 Å². The number of nitrogens with zero attached hydrogens (tertiary/aromatic N) is 1. The maximum Gasteiger partial charge on any atom is 0.404 e. The SMILES string of the molecule is CC1(C)CCC2(CNS(=O)(=O)CC(F)(F)F)CC[C@]3(C)C(C(=O)C[C@@H]4C5(C)C=C(C#N)C(=O)C(C)(C)[C@@H]5CCC43C)C2C1. The molecule has 10 heteroatoms. The zero-order chi connectivity index (χ0) is 32.2. The molecule has 5 unspecified atom stereocenters. The second-order valence-corrected chi connectivity index (χ2v) is 18.6. The molecule has 4 fully saturated rings. The van der Waals surface area contributed by atoms with E-state index in [1.165, 1.54) is 0 Å². The van der Waals surface area contributed by atoms with Crippen LogP contribution in [0, 0.1) is 67.5 Å². The van der Waals surface area contributed by atoms with Gasteiger partial charge in [-0.3, -0.25) is 9.59 Å². The number of allylic oxidation sites excluding steroid dienone is 2. The van der Waals surface area contributed by atoms with Crippen molar-refractivity contribution in [2.75, 3.05) is 12.3 Å². The second-order valence-electron chi connectivity index (χ2n) is 16.7. The van der Waals surface area contributed by atoms with Crippen LogP contribution < -0.4 is 4.72 Å². The molecule has 0 aliphatic heterocycles. The van der Waals surface area contributed by atoms with E-state index in [0.29, 0.717) is 32.1 Å². The van der Waals surface area contributed by atoms with Gasteiger partial charge in [-0.1, -0.05) is 54.5 Å². The smallest absolute Gasteiger partial charge is 0.299 e. The molecule has 6 nitrogen and oxygen atoms in total. The molecule has 8 atom stereocenters. The first-order chi connectivity index (χ1) is 19.5. The van der Waals surface area contributed by atoms with Crippen molar-refractivity contribution >= 4 is 21.6 Å². The molecule has 0 heterocycles. The summed E-state index contributed by atoms with van der Waals surface area (Å²) in [5.41, 5.74) is -2.45. The topological polar surface area (TPSA) is 104 Å². The third-order valence-electron chi connectivity index (χ3n) is 13.6. The number of Topliss-reactive ketones (excluding diaryl/α,β-unsaturated/α-hetero) is 2. The Hall–Kier alpha value is -1.73. The minimum absolute atomic E-state index is 0.00467. The first-order valence-electron chi connectivity index (χ1n) is 15.7. The zero-order valence-corrected chi connectivity index (χ0v) is 27.4. The normalized spacial score (nSPS) is 43.8. The predicted molar refractivity (Wildman–Crippen MR) is 157 cm³/mol. The Morgan fingerprint density at radius 1 is 0.953 bits per heavy atom. The first kappa shape index (κ1) is 32.7. The maximum absolute atomic E-state index is 14.6. The van der Waals surface area contributed by atoms with Gasteiger partial charge in [0.2, 0.25) is 10.0 Å². The van der Waals surface area contributed by atoms with Crippen molar-refractivity contribution in [3.8, 4) is 6.07 Å². The van der Waals surface area contributed by atoms with Crippen LogP contribution in [0.1, 0.15) is 99.8 Å². The monoisotopic (exact) mass is 624 g/mol. The Morgan fingerprint density at radius 2 is 1.58 bits per heavy atom. The summed E-state index contributed by atoms with van der Waals surface area (Å²) in [4.78, 5) is 27.8. The van der Waals surface area contributed by atoms with Crippen LogP contribution >= 0.6 is 0 Å². The number of nitrogens with one attached hydrogen (secondary N) is 1. The first-order valence-corrected chi connectivity index (χ1v) is 17.4. The van der Waals surface area contributed by atoms with Crippen LogP contribution in [0.4, 0.5) is 13.2 Å². The molecule has 5 aliphatic carbocycles. The summed E-state index contributed by atoms with van der Waals surface area (Å²) in [7, 11) is -4.58. The highest BCUT2D eigenvalue weighted by Gasteiger charge is 2.72. The van der Waals surface area contributed by atoms with Crippen molar-refractivity contribution in [3.05, 3.63) is 11.6 Å². The lowest BCUT2D eigenvalue weighted by Crippen LogP contribution is -2.69. The summed E-state index contributed by atoms with van der Waals surface area (Å²) >= 11 is 0. The molecule has 0 aromatic heterocycles. The van der Waals surface area contributed by atoms with E-state index in [1.54, 1.807) is 0 Å². The number of nitriles is 1. The van der Waals surface area contributed by atoms with E-state index in [-0.39, 0.29) is 58.2 Å². The largest absolute Gasteiger partial charge is 0.404 e. The molecular formula is C33H47F3N2O4S. The van der Waals surface area contributed by atoms with Crippen LogP contribution in [-0.2, 0) is 19.6 Å². The fraction of sp³-hybridized carbons (Fsp3) is 0.848. The van der Waals surface area contributed by atoms with Gasteiger partial charge in [-0.25, -0.2) is 13.1 Å². The lowest BCUT2D eigenvalue weighted by atomic mass is 9.31. The fourth-order valence-corrected chi connectivity index (χ4v) is 12.3. The van der Waals surface area contributed by atoms with Gasteiger partial charge in [-0.2, -0.15) is 18.4 Å². The number of carbonyl (C=O) groups is 2. The number of hydrogen-bond donors (Lipinski definition) is 1. The highest BCUT2D eigenvalue weighted by Crippen LogP contribution is 2.75. The number of carbonyl (C=O) groups excluding carboxylic acids is 2. The molecule has 240 valence electrons. The number of fused-ring (bicyclic) bond motifs is 7. The zero-order valence-electron chi connectivity index (χ0n) is 26.6. The minimum atomic E-state index is -4.83. The summed E-state index contributed by atoms with van der Waals surface area (Å²) in [6, 6.07) is 2.14. The molecule has 5 aliphatic rings. The van der Waals surface area contributed by atoms with Crippen LogP contribution in [0.15, 0.2) is 11.6 Å². The third-order valence-corrected chi connectivity index (χ3v) is 14.9. The number of rotatable bonds is 4. The van der Waals surface area contributed by atoms with Crippen molar-refractivity contribution < 1.29 is 31.2 Å². The van der Waals surface area contributed by atoms with E-state index in [0.717, 1.165) is 19.3 Å². The van der Waals surface area contributed by atoms with Crippen molar-refractivity contribution in [3.63, 3.8) is 0 Å². The molecule has 4 saturated carbocycles. The quantitative estimate of drug-likeness (QED) is 0.372. The van der Waals surface area contributed by atoms with Gasteiger partial charge < -0.3 is 0 Å². The average molecular weight is 625 g/mol. The van der Waals surface area contributed by atoms with E-state index in [1.807, 2.05) is 19.9 Å². The van der Waals surface area contributed by atoms with E-state index in [2.05, 4.69) is 45.4 Å². The average Bonchev–Trinajstić information content (AvgIpc) is 2.85. The van der Waals surface area contributed by atoms with Gasteiger partial charge >= 0.3 is 6.18 Å². The van der Waals surface area contributed by atoms with Crippen molar-refractivity contribution in [1.82, 2.24) is 4.72 Å². The summed E-state index contributed by atoms with van der Waals surface area (Å²) < 4.78 is 66.4. The number of halogens is 3. The van der Waals surface area contributed by atoms with Crippen LogP contribution in [0.3, 0.4) is 0 Å². The van der Waals surface area contributed by atoms with Crippen molar-refractivity contribution in [2.24, 2.45) is 56.2 Å². The van der Waals surface area contributed by atoms with E-state index < -0.39 is 43.6 Å². The Kier molecular flexibility index (Phi) is 7.32. The molecule has 5 rings (SSSR count). The molecule has 0 amide bonds. The summed E-state index contributed by atoms with van der Waals surface area (Å²) in [5.74, 6) is -2.48.